The zero-order valence-electron chi connectivity index (χ0n) is 16.6. The van der Waals surface area contributed by atoms with Crippen LogP contribution in [0.1, 0.15) is 40.8 Å². The molecule has 6 nitrogen and oxygen atoms in total. The van der Waals surface area contributed by atoms with Crippen LogP contribution in [0.4, 0.5) is 17.6 Å². The van der Waals surface area contributed by atoms with E-state index in [9.17, 15) is 27.2 Å². The van der Waals surface area contributed by atoms with Crippen LogP contribution in [0.15, 0.2) is 50.7 Å². The summed E-state index contributed by atoms with van der Waals surface area (Å²) in [6, 6.07) is 5.04. The molecule has 0 saturated carbocycles. The average Bonchev–Trinajstić information content (AvgIpc) is 2.85. The number of nitrogens with zero attached hydrogens (tertiary/aromatic N) is 2. The van der Waals surface area contributed by atoms with Crippen molar-refractivity contribution >= 4 is 28.5 Å². The van der Waals surface area contributed by atoms with Crippen LogP contribution in [0.3, 0.4) is 0 Å². The van der Waals surface area contributed by atoms with Crippen molar-refractivity contribution in [3.05, 3.63) is 61.8 Å². The van der Waals surface area contributed by atoms with E-state index in [0.29, 0.717) is 19.1 Å². The van der Waals surface area contributed by atoms with Gasteiger partial charge < -0.3 is 9.31 Å². The van der Waals surface area contributed by atoms with Gasteiger partial charge in [-0.2, -0.15) is 17.6 Å². The number of alkyl halides is 4. The first-order valence-corrected chi connectivity index (χ1v) is 9.56. The molecule has 0 atom stereocenters. The van der Waals surface area contributed by atoms with Crippen LogP contribution >= 0.6 is 15.9 Å². The summed E-state index contributed by atoms with van der Waals surface area (Å²) in [7, 11) is -0.754. The van der Waals surface area contributed by atoms with Crippen molar-refractivity contribution in [2.45, 2.75) is 52.0 Å². The molecule has 1 aliphatic rings. The van der Waals surface area contributed by atoms with Crippen LogP contribution in [0.25, 0.3) is 0 Å². The number of rotatable bonds is 3. The van der Waals surface area contributed by atoms with Crippen LogP contribution in [0, 0.1) is 0 Å². The summed E-state index contributed by atoms with van der Waals surface area (Å²) >= 11 is 2.97. The molecule has 3 rings (SSSR count). The van der Waals surface area contributed by atoms with Crippen molar-refractivity contribution in [1.82, 2.24) is 9.13 Å². The molecule has 164 valence electrons. The minimum absolute atomic E-state index is 0.351. The average molecular weight is 495 g/mol. The Morgan fingerprint density at radius 1 is 0.833 bits per heavy atom. The largest absolute Gasteiger partial charge is 0.496 e. The zero-order valence-corrected chi connectivity index (χ0v) is 18.2. The number of aromatic nitrogens is 2. The molecule has 0 amide bonds. The lowest BCUT2D eigenvalue weighted by Crippen LogP contribution is -2.41. The second-order valence-electron chi connectivity index (χ2n) is 7.44. The molecule has 1 saturated heterocycles. The zero-order chi connectivity index (χ0) is 22.9. The molecular formula is C18H20BBrF4N2O4. The van der Waals surface area contributed by atoms with E-state index in [1.165, 1.54) is 12.1 Å². The van der Waals surface area contributed by atoms with E-state index >= 15 is 0 Å². The fraction of sp³-hybridized carbons (Fsp3) is 0.444. The van der Waals surface area contributed by atoms with Crippen molar-refractivity contribution in [3.8, 4) is 0 Å². The molecule has 1 fully saturated rings. The maximum absolute atomic E-state index is 12.7. The Hall–Kier alpha value is -1.92. The number of hydrogen-bond acceptors (Lipinski definition) is 4. The van der Waals surface area contributed by atoms with Gasteiger partial charge in [0.1, 0.15) is 0 Å². The molecule has 2 aromatic rings. The summed E-state index contributed by atoms with van der Waals surface area (Å²) in [5.41, 5.74) is -2.16. The van der Waals surface area contributed by atoms with Gasteiger partial charge in [-0.1, -0.05) is 6.07 Å². The van der Waals surface area contributed by atoms with Crippen molar-refractivity contribution in [1.29, 1.82) is 0 Å². The summed E-state index contributed by atoms with van der Waals surface area (Å²) in [5, 5.41) is 0. The highest BCUT2D eigenvalue weighted by Gasteiger charge is 2.51. The Labute approximate surface area is 178 Å². The first kappa shape index (κ1) is 24.4. The molecule has 0 N–H and O–H groups in total. The summed E-state index contributed by atoms with van der Waals surface area (Å²) in [4.78, 5) is 22.0. The monoisotopic (exact) mass is 494 g/mol. The van der Waals surface area contributed by atoms with Gasteiger partial charge in [-0.15, -0.1) is 0 Å². The molecule has 0 aromatic carbocycles. The predicted octanol–water partition coefficient (Wildman–Crippen LogP) is 3.55. The molecule has 0 bridgehead atoms. The van der Waals surface area contributed by atoms with Crippen LogP contribution in [0.5, 0.6) is 0 Å². The Morgan fingerprint density at radius 3 is 1.70 bits per heavy atom. The van der Waals surface area contributed by atoms with E-state index < -0.39 is 42.5 Å². The van der Waals surface area contributed by atoms with Crippen LogP contribution in [-0.2, 0) is 9.31 Å². The molecule has 0 aliphatic carbocycles. The Bertz CT molecular complexity index is 994. The number of halogens is 5. The van der Waals surface area contributed by atoms with Gasteiger partial charge in [0.25, 0.3) is 11.1 Å². The highest BCUT2D eigenvalue weighted by Crippen LogP contribution is 2.36. The van der Waals surface area contributed by atoms with Gasteiger partial charge in [0.2, 0.25) is 0 Å². The molecule has 3 heterocycles. The van der Waals surface area contributed by atoms with E-state index in [4.69, 9.17) is 9.31 Å². The van der Waals surface area contributed by atoms with Crippen molar-refractivity contribution in [3.63, 3.8) is 0 Å². The predicted molar refractivity (Wildman–Crippen MR) is 107 cm³/mol. The van der Waals surface area contributed by atoms with Gasteiger partial charge in [-0.05, 0) is 55.2 Å². The lowest BCUT2D eigenvalue weighted by atomic mass is 9.80. The second kappa shape index (κ2) is 9.07. The topological polar surface area (TPSA) is 62.5 Å². The lowest BCUT2D eigenvalue weighted by molar-refractivity contribution is 0.00578. The molecule has 0 unspecified atom stereocenters. The fourth-order valence-corrected chi connectivity index (χ4v) is 2.77. The van der Waals surface area contributed by atoms with E-state index in [0.717, 1.165) is 24.5 Å². The fourth-order valence-electron chi connectivity index (χ4n) is 2.42. The summed E-state index contributed by atoms with van der Waals surface area (Å²) in [6.45, 7) is 1.83. The first-order chi connectivity index (χ1) is 13.7. The third-order valence-corrected chi connectivity index (χ3v) is 5.28. The first-order valence-electron chi connectivity index (χ1n) is 8.77. The SMILES string of the molecule is CC1(C)OB(c2ccc(=O)n(C(F)F)c2)OC1(C)C.O=c1ccc(Br)cn1C(F)F. The summed E-state index contributed by atoms with van der Waals surface area (Å²) < 4.78 is 61.9. The Kier molecular flexibility index (Phi) is 7.36. The number of pyridine rings is 2. The van der Waals surface area contributed by atoms with E-state index in [2.05, 4.69) is 15.9 Å². The van der Waals surface area contributed by atoms with Gasteiger partial charge >= 0.3 is 20.2 Å². The maximum Gasteiger partial charge on any atom is 0.496 e. The smallest absolute Gasteiger partial charge is 0.399 e. The van der Waals surface area contributed by atoms with E-state index in [-0.39, 0.29) is 0 Å². The highest BCUT2D eigenvalue weighted by atomic mass is 79.9. The molecule has 0 spiro atoms. The molecular weight excluding hydrogens is 475 g/mol. The minimum Gasteiger partial charge on any atom is -0.399 e. The highest BCUT2D eigenvalue weighted by molar-refractivity contribution is 9.10. The Morgan fingerprint density at radius 2 is 1.27 bits per heavy atom. The number of hydrogen-bond donors (Lipinski definition) is 0. The van der Waals surface area contributed by atoms with Crippen LogP contribution in [-0.4, -0.2) is 27.5 Å². The van der Waals surface area contributed by atoms with Crippen molar-refractivity contribution in [2.24, 2.45) is 0 Å². The molecule has 1 aliphatic heterocycles. The molecule has 30 heavy (non-hydrogen) atoms. The third kappa shape index (κ3) is 5.41. The van der Waals surface area contributed by atoms with E-state index in [1.54, 1.807) is 0 Å². The van der Waals surface area contributed by atoms with E-state index in [1.807, 2.05) is 27.7 Å². The van der Waals surface area contributed by atoms with Gasteiger partial charge in [-0.25, -0.2) is 0 Å². The van der Waals surface area contributed by atoms with Crippen molar-refractivity contribution < 1.29 is 26.9 Å². The van der Waals surface area contributed by atoms with Gasteiger partial charge in [0.05, 0.1) is 11.2 Å². The molecule has 2 aromatic heterocycles. The second-order valence-corrected chi connectivity index (χ2v) is 8.36. The third-order valence-electron chi connectivity index (χ3n) is 4.81. The maximum atomic E-state index is 12.7. The van der Waals surface area contributed by atoms with Gasteiger partial charge in [0, 0.05) is 29.0 Å². The standard InChI is InChI=1S/C12H16BF2NO3.C6H4BrF2NO/c1-11(2)12(3,4)19-13(18-11)8-5-6-9(17)16(7-8)10(14)15;7-4-1-2-5(11)10(3-4)6(8)9/h5-7,10H,1-4H3;1-3,6H. The van der Waals surface area contributed by atoms with Gasteiger partial charge in [-0.3, -0.25) is 18.7 Å². The minimum atomic E-state index is -2.88. The Balaban J connectivity index is 0.000000248. The lowest BCUT2D eigenvalue weighted by Gasteiger charge is -2.32. The van der Waals surface area contributed by atoms with Crippen LogP contribution in [0.2, 0.25) is 0 Å². The molecule has 0 radical (unpaired) electrons. The summed E-state index contributed by atoms with van der Waals surface area (Å²) in [6.07, 6.45) is 2.13. The van der Waals surface area contributed by atoms with Crippen LogP contribution < -0.4 is 16.6 Å². The van der Waals surface area contributed by atoms with Gasteiger partial charge in [0.15, 0.2) is 0 Å². The summed E-state index contributed by atoms with van der Waals surface area (Å²) in [5.74, 6) is 0. The normalized spacial score (nSPS) is 17.2. The molecule has 12 heteroatoms. The quantitative estimate of drug-likeness (QED) is 0.483. The van der Waals surface area contributed by atoms with Crippen molar-refractivity contribution in [2.75, 3.05) is 0 Å².